The summed E-state index contributed by atoms with van der Waals surface area (Å²) in [7, 11) is -3.15. The quantitative estimate of drug-likeness (QED) is 0.697. The lowest BCUT2D eigenvalue weighted by Gasteiger charge is -2.27. The molecule has 0 aliphatic carbocycles. The van der Waals surface area contributed by atoms with Crippen LogP contribution in [0.4, 0.5) is 0 Å². The number of hydrogen-bond acceptors (Lipinski definition) is 5. The van der Waals surface area contributed by atoms with Crippen LogP contribution in [0.25, 0.3) is 0 Å². The van der Waals surface area contributed by atoms with Gasteiger partial charge in [0.2, 0.25) is 5.91 Å². The Morgan fingerprint density at radius 3 is 2.22 bits per heavy atom. The fourth-order valence-corrected chi connectivity index (χ4v) is 6.01. The highest BCUT2D eigenvalue weighted by Crippen LogP contribution is 2.27. The highest BCUT2D eigenvalue weighted by molar-refractivity contribution is 7.91. The molecule has 1 N–H and O–H groups in total. The van der Waals surface area contributed by atoms with Crippen molar-refractivity contribution in [2.45, 2.75) is 37.6 Å². The van der Waals surface area contributed by atoms with Crippen LogP contribution >= 0.6 is 0 Å². The highest BCUT2D eigenvalue weighted by Gasteiger charge is 2.37. The Kier molecular flexibility index (Phi) is 6.69. The van der Waals surface area contributed by atoms with E-state index >= 15 is 0 Å². The third-order valence-electron chi connectivity index (χ3n) is 6.00. The van der Waals surface area contributed by atoms with Crippen molar-refractivity contribution in [1.29, 1.82) is 0 Å². The van der Waals surface area contributed by atoms with Crippen LogP contribution in [-0.2, 0) is 19.4 Å². The summed E-state index contributed by atoms with van der Waals surface area (Å²) in [6.45, 7) is 0.456. The molecule has 8 heteroatoms. The lowest BCUT2D eigenvalue weighted by Crippen LogP contribution is -2.44. The second kappa shape index (κ2) is 9.65. The van der Waals surface area contributed by atoms with Crippen LogP contribution in [0, 0.1) is 0 Å². The van der Waals surface area contributed by atoms with Crippen molar-refractivity contribution in [2.75, 3.05) is 18.1 Å². The zero-order chi connectivity index (χ0) is 22.6. The lowest BCUT2D eigenvalue weighted by atomic mass is 9.88. The van der Waals surface area contributed by atoms with Crippen molar-refractivity contribution >= 4 is 27.4 Å². The molecular weight excluding hydrogens is 426 g/mol. The summed E-state index contributed by atoms with van der Waals surface area (Å²) >= 11 is 0. The topological polar surface area (TPSA) is 95.9 Å². The fraction of sp³-hybridized carbons (Fsp3) is 0.375. The van der Waals surface area contributed by atoms with Crippen LogP contribution in [0.5, 0.6) is 0 Å². The molecule has 0 bridgehead atoms. The van der Waals surface area contributed by atoms with Crippen molar-refractivity contribution in [3.8, 4) is 0 Å². The number of sulfone groups is 1. The maximum absolute atomic E-state index is 12.7. The molecule has 2 aromatic rings. The van der Waals surface area contributed by atoms with Crippen LogP contribution in [0.1, 0.15) is 42.7 Å². The molecule has 0 unspecified atom stereocenters. The van der Waals surface area contributed by atoms with Gasteiger partial charge in [0.1, 0.15) is 5.71 Å². The van der Waals surface area contributed by atoms with E-state index in [1.807, 2.05) is 36.4 Å². The molecule has 0 spiro atoms. The first-order chi connectivity index (χ1) is 15.4. The van der Waals surface area contributed by atoms with E-state index in [9.17, 15) is 18.0 Å². The normalized spacial score (nSPS) is 20.3. The predicted molar refractivity (Wildman–Crippen MR) is 123 cm³/mol. The first-order valence-corrected chi connectivity index (χ1v) is 12.7. The smallest absolute Gasteiger partial charge is 0.267 e. The Labute approximate surface area is 188 Å². The van der Waals surface area contributed by atoms with Crippen LogP contribution in [0.2, 0.25) is 0 Å². The van der Waals surface area contributed by atoms with E-state index < -0.39 is 15.9 Å². The molecule has 0 radical (unpaired) electrons. The highest BCUT2D eigenvalue weighted by atomic mass is 32.2. The molecule has 4 rings (SSSR count). The summed E-state index contributed by atoms with van der Waals surface area (Å²) in [5, 5.41) is 8.41. The number of hydrazone groups is 1. The minimum absolute atomic E-state index is 0.0544. The van der Waals surface area contributed by atoms with Gasteiger partial charge in [-0.3, -0.25) is 9.59 Å². The number of carbonyl (C=O) groups is 2. The van der Waals surface area contributed by atoms with Crippen LogP contribution < -0.4 is 5.32 Å². The van der Waals surface area contributed by atoms with Crippen molar-refractivity contribution in [1.82, 2.24) is 10.3 Å². The van der Waals surface area contributed by atoms with Crippen LogP contribution in [0.3, 0.4) is 0 Å². The molecule has 168 valence electrons. The Morgan fingerprint density at radius 2 is 1.66 bits per heavy atom. The molecule has 7 nitrogen and oxygen atoms in total. The average molecular weight is 454 g/mol. The number of nitrogens with zero attached hydrogens (tertiary/aromatic N) is 2. The number of hydrogen-bond donors (Lipinski definition) is 1. The molecule has 2 aliphatic heterocycles. The third-order valence-corrected chi connectivity index (χ3v) is 7.75. The Bertz CT molecular complexity index is 1060. The molecule has 1 fully saturated rings. The van der Waals surface area contributed by atoms with Gasteiger partial charge >= 0.3 is 0 Å². The summed E-state index contributed by atoms with van der Waals surface area (Å²) in [6, 6.07) is 19.9. The summed E-state index contributed by atoms with van der Waals surface area (Å²) in [5.74, 6) is -0.417. The first kappa shape index (κ1) is 22.2. The van der Waals surface area contributed by atoms with Gasteiger partial charge in [-0.05, 0) is 24.0 Å². The van der Waals surface area contributed by atoms with Gasteiger partial charge in [0.15, 0.2) is 9.84 Å². The van der Waals surface area contributed by atoms with Crippen molar-refractivity contribution < 1.29 is 18.0 Å². The van der Waals surface area contributed by atoms with Gasteiger partial charge in [0, 0.05) is 25.3 Å². The predicted octanol–water partition coefficient (Wildman–Crippen LogP) is 2.49. The maximum atomic E-state index is 12.7. The minimum atomic E-state index is -3.15. The van der Waals surface area contributed by atoms with E-state index in [2.05, 4.69) is 34.7 Å². The summed E-state index contributed by atoms with van der Waals surface area (Å²) in [6.07, 6.45) is 1.51. The molecule has 1 atom stereocenters. The monoisotopic (exact) mass is 453 g/mol. The second-order valence-corrected chi connectivity index (χ2v) is 10.5. The van der Waals surface area contributed by atoms with Crippen LogP contribution in [-0.4, -0.2) is 55.0 Å². The average Bonchev–Trinajstić information content (AvgIpc) is 3.17. The molecule has 2 heterocycles. The molecule has 0 aromatic heterocycles. The largest absolute Gasteiger partial charge is 0.351 e. The second-order valence-electron chi connectivity index (χ2n) is 8.26. The van der Waals surface area contributed by atoms with E-state index in [0.717, 1.165) is 6.42 Å². The summed E-state index contributed by atoms with van der Waals surface area (Å²) < 4.78 is 23.6. The number of carbonyl (C=O) groups excluding carboxylic acids is 2. The zero-order valence-corrected chi connectivity index (χ0v) is 18.6. The minimum Gasteiger partial charge on any atom is -0.351 e. The van der Waals surface area contributed by atoms with Crippen molar-refractivity contribution in [2.24, 2.45) is 5.10 Å². The third kappa shape index (κ3) is 5.24. The Balaban J connectivity index is 1.41. The van der Waals surface area contributed by atoms with Gasteiger partial charge < -0.3 is 5.32 Å². The van der Waals surface area contributed by atoms with Crippen molar-refractivity contribution in [3.63, 3.8) is 0 Å². The van der Waals surface area contributed by atoms with Gasteiger partial charge in [-0.1, -0.05) is 60.7 Å². The Morgan fingerprint density at radius 1 is 1.03 bits per heavy atom. The van der Waals surface area contributed by atoms with Gasteiger partial charge in [0.25, 0.3) is 5.91 Å². The lowest BCUT2D eigenvalue weighted by molar-refractivity contribution is -0.133. The molecule has 2 aromatic carbocycles. The van der Waals surface area contributed by atoms with E-state index in [4.69, 9.17) is 0 Å². The van der Waals surface area contributed by atoms with E-state index in [0.29, 0.717) is 13.0 Å². The zero-order valence-electron chi connectivity index (χ0n) is 17.8. The SMILES string of the molecule is O=C(NCCC(c1ccccc1)c1ccccc1)C1=NN([C@@H]2CCS(=O)(=O)C2)C(=O)CC1. The first-order valence-electron chi connectivity index (χ1n) is 10.9. The molecule has 0 saturated carbocycles. The maximum Gasteiger partial charge on any atom is 0.267 e. The standard InChI is InChI=1S/C24H27N3O4S/c28-23-12-11-22(26-27(23)20-14-16-32(30,31)17-20)24(29)25-15-13-21(18-7-3-1-4-8-18)19-9-5-2-6-10-19/h1-10,20-21H,11-17H2,(H,25,29)/t20-/m1/s1. The fourth-order valence-electron chi connectivity index (χ4n) is 4.32. The van der Waals surface area contributed by atoms with E-state index in [-0.39, 0.29) is 47.8 Å². The number of amides is 2. The van der Waals surface area contributed by atoms with Gasteiger partial charge in [0.05, 0.1) is 17.5 Å². The number of nitrogens with one attached hydrogen (secondary N) is 1. The Hall–Kier alpha value is -3.00. The number of benzene rings is 2. The molecule has 2 amide bonds. The molecule has 32 heavy (non-hydrogen) atoms. The summed E-state index contributed by atoms with van der Waals surface area (Å²) in [4.78, 5) is 25.0. The van der Waals surface area contributed by atoms with Gasteiger partial charge in [-0.2, -0.15) is 5.10 Å². The number of rotatable bonds is 7. The van der Waals surface area contributed by atoms with E-state index in [1.165, 1.54) is 16.1 Å². The van der Waals surface area contributed by atoms with Gasteiger partial charge in [-0.15, -0.1) is 0 Å². The van der Waals surface area contributed by atoms with Gasteiger partial charge in [-0.25, -0.2) is 13.4 Å². The molecular formula is C24H27N3O4S. The van der Waals surface area contributed by atoms with Crippen LogP contribution in [0.15, 0.2) is 65.8 Å². The van der Waals surface area contributed by atoms with Crippen molar-refractivity contribution in [3.05, 3.63) is 71.8 Å². The summed E-state index contributed by atoms with van der Waals surface area (Å²) in [5.41, 5.74) is 2.65. The molecule has 1 saturated heterocycles. The molecule has 2 aliphatic rings. The van der Waals surface area contributed by atoms with E-state index in [1.54, 1.807) is 0 Å².